The van der Waals surface area contributed by atoms with E-state index in [1.807, 2.05) is 23.6 Å². The van der Waals surface area contributed by atoms with E-state index in [0.29, 0.717) is 69.6 Å². The fourth-order valence-corrected chi connectivity index (χ4v) is 7.27. The van der Waals surface area contributed by atoms with Gasteiger partial charge in [-0.25, -0.2) is 23.7 Å². The van der Waals surface area contributed by atoms with Crippen LogP contribution in [0, 0.1) is 34.3 Å². The fourth-order valence-electron chi connectivity index (χ4n) is 7.14. The number of hydrogen-bond donors (Lipinski definition) is 0. The van der Waals surface area contributed by atoms with Crippen LogP contribution >= 0.6 is 11.6 Å². The number of fused-ring (bicyclic) bond motifs is 2. The number of amides is 2. The van der Waals surface area contributed by atoms with Gasteiger partial charge in [-0.3, -0.25) is 19.2 Å². The molecule has 14 nitrogen and oxygen atoms in total. The highest BCUT2D eigenvalue weighted by Crippen LogP contribution is 2.41. The summed E-state index contributed by atoms with van der Waals surface area (Å²) in [6.07, 6.45) is 4.18. The van der Waals surface area contributed by atoms with Crippen molar-refractivity contribution in [2.45, 2.75) is 59.5 Å². The maximum Gasteiger partial charge on any atom is 0.250 e. The quantitative estimate of drug-likeness (QED) is 0.104. The summed E-state index contributed by atoms with van der Waals surface area (Å²) in [5, 5.41) is 18.2. The number of ketones is 2. The Labute approximate surface area is 386 Å². The van der Waals surface area contributed by atoms with E-state index in [9.17, 15) is 28.0 Å². The van der Waals surface area contributed by atoms with Crippen molar-refractivity contribution in [2.75, 3.05) is 33.7 Å². The van der Waals surface area contributed by atoms with E-state index in [4.69, 9.17) is 22.1 Å². The minimum atomic E-state index is -0.490. The number of Topliss-reactive ketones (excluding diaryl/α,β-unsaturated/α-hetero) is 2. The lowest BCUT2D eigenvalue weighted by molar-refractivity contribution is -0.120. The predicted octanol–water partition coefficient (Wildman–Crippen LogP) is 9.37. The van der Waals surface area contributed by atoms with Crippen molar-refractivity contribution < 1.29 is 28.0 Å². The Morgan fingerprint density at radius 2 is 1.06 bits per heavy atom. The number of halogens is 3. The van der Waals surface area contributed by atoms with Crippen LogP contribution in [0.2, 0.25) is 5.28 Å². The summed E-state index contributed by atoms with van der Waals surface area (Å²) in [4.78, 5) is 72.9. The first kappa shape index (κ1) is 49.1. The van der Waals surface area contributed by atoms with E-state index < -0.39 is 11.9 Å². The number of benzene rings is 4. The second-order valence-corrected chi connectivity index (χ2v) is 15.1. The first-order valence-electron chi connectivity index (χ1n) is 20.3. The van der Waals surface area contributed by atoms with Gasteiger partial charge in [0, 0.05) is 36.6 Å². The van der Waals surface area contributed by atoms with Gasteiger partial charge in [0.25, 0.3) is 0 Å². The number of anilines is 6. The van der Waals surface area contributed by atoms with Gasteiger partial charge in [-0.05, 0) is 128 Å². The fraction of sp³-hybridized carbons (Fsp3) is 0.224. The molecule has 0 aliphatic carbocycles. The summed E-state index contributed by atoms with van der Waals surface area (Å²) >= 11 is 5.96. The summed E-state index contributed by atoms with van der Waals surface area (Å²) in [6.45, 7) is 5.31. The van der Waals surface area contributed by atoms with Crippen molar-refractivity contribution in [3.05, 3.63) is 154 Å². The predicted molar refractivity (Wildman–Crippen MR) is 248 cm³/mol. The highest BCUT2D eigenvalue weighted by Gasteiger charge is 2.39. The molecule has 0 saturated carbocycles. The second-order valence-electron chi connectivity index (χ2n) is 14.7. The Kier molecular flexibility index (Phi) is 16.1. The van der Waals surface area contributed by atoms with Gasteiger partial charge in [0.1, 0.15) is 40.9 Å². The Morgan fingerprint density at radius 3 is 1.47 bits per heavy atom. The van der Waals surface area contributed by atoms with Crippen LogP contribution in [0.15, 0.2) is 109 Å². The maximum absolute atomic E-state index is 13.2. The zero-order valence-electron chi connectivity index (χ0n) is 35.9. The third-order valence-corrected chi connectivity index (χ3v) is 10.8. The van der Waals surface area contributed by atoms with E-state index >= 15 is 0 Å². The number of nitrogens with zero attached hydrogens (tertiary/aromatic N) is 10. The van der Waals surface area contributed by atoms with E-state index in [-0.39, 0.29) is 54.4 Å². The zero-order valence-corrected chi connectivity index (χ0v) is 36.7. The highest BCUT2D eigenvalue weighted by atomic mass is 35.5. The number of rotatable bonds is 8. The molecule has 6 aromatic rings. The molecule has 2 unspecified atom stereocenters. The van der Waals surface area contributed by atoms with Gasteiger partial charge < -0.3 is 19.6 Å². The summed E-state index contributed by atoms with van der Waals surface area (Å²) in [6, 6.07) is 28.1. The molecule has 66 heavy (non-hydrogen) atoms. The molecule has 0 saturated heterocycles. The highest BCUT2D eigenvalue weighted by molar-refractivity contribution is 6.28. The molecule has 4 heterocycles. The second kappa shape index (κ2) is 21.6. The summed E-state index contributed by atoms with van der Waals surface area (Å²) in [5.41, 5.74) is 4.62. The van der Waals surface area contributed by atoms with Crippen LogP contribution in [-0.4, -0.2) is 69.5 Å². The van der Waals surface area contributed by atoms with Crippen LogP contribution in [0.4, 0.5) is 43.2 Å². The van der Waals surface area contributed by atoms with E-state index in [0.717, 1.165) is 5.69 Å². The number of aromatic nitrogens is 4. The first-order valence-corrected chi connectivity index (χ1v) is 20.6. The number of likely N-dealkylation sites (N-methyl/N-ethyl adjacent to an activating group) is 2. The summed E-state index contributed by atoms with van der Waals surface area (Å²) < 4.78 is 25.4. The lowest BCUT2D eigenvalue weighted by Gasteiger charge is -2.40. The van der Waals surface area contributed by atoms with Crippen molar-refractivity contribution in [2.24, 2.45) is 0 Å². The summed E-state index contributed by atoms with van der Waals surface area (Å²) in [7, 11) is 3.38. The molecule has 2 aromatic heterocycles. The van der Waals surface area contributed by atoms with E-state index in [1.54, 1.807) is 73.7 Å². The topological polar surface area (TPSA) is 180 Å². The molecule has 336 valence electrons. The van der Waals surface area contributed by atoms with Gasteiger partial charge >= 0.3 is 0 Å². The third-order valence-electron chi connectivity index (χ3n) is 10.6. The van der Waals surface area contributed by atoms with Gasteiger partial charge in [0.05, 0.1) is 42.1 Å². The molecule has 4 aromatic carbocycles. The molecule has 8 rings (SSSR count). The Hall–Kier alpha value is -7.95. The van der Waals surface area contributed by atoms with Crippen molar-refractivity contribution in [3.8, 4) is 12.1 Å². The van der Waals surface area contributed by atoms with Crippen LogP contribution < -0.4 is 19.6 Å². The smallest absolute Gasteiger partial charge is 0.250 e. The normalized spacial score (nSPS) is 14.8. The monoisotopic (exact) mass is 910 g/mol. The largest absolute Gasteiger partial charge is 0.312 e. The number of hydrogen-bond acceptors (Lipinski definition) is 12. The standard InChI is InChI=1S/C24H20FN5O2.C16H14ClN5O.C8H7FO.CH4/c1-3-19-24(32)29(2)20-14-27-22(12-21(31)16-6-8-17(25)9-7-16)28-23(20)30(19)18-10-4-15(13-26)5-11-18;1-3-12-15(23)21(2)13-9-19-16(17)20-14(13)22(12)11-6-4-10(8-18)5-7-11;1-6(10)7-2-4-8(9)5-3-7;/h4-11,14,19H,3,12H2,1-2H3;4-7,9,12H,3H2,1-2H3;2-5H,1H3;1H4. The van der Waals surface area contributed by atoms with E-state index in [2.05, 4.69) is 32.1 Å². The zero-order chi connectivity index (χ0) is 46.9. The molecule has 2 amide bonds. The molecular weight excluding hydrogens is 866 g/mol. The van der Waals surface area contributed by atoms with Gasteiger partial charge in [-0.1, -0.05) is 21.3 Å². The molecule has 0 bridgehead atoms. The molecule has 2 aliphatic heterocycles. The molecule has 17 heteroatoms. The molecule has 0 spiro atoms. The van der Waals surface area contributed by atoms with Crippen LogP contribution in [0.1, 0.15) is 78.7 Å². The average Bonchev–Trinajstić information content (AvgIpc) is 3.32. The minimum absolute atomic E-state index is 0. The third kappa shape index (κ3) is 10.7. The number of carbonyl (C=O) groups is 4. The minimum Gasteiger partial charge on any atom is -0.312 e. The molecule has 0 radical (unpaired) electrons. The van der Waals surface area contributed by atoms with Crippen molar-refractivity contribution in [1.29, 1.82) is 10.5 Å². The Bertz CT molecular complexity index is 2820. The average molecular weight is 911 g/mol. The van der Waals surface area contributed by atoms with Gasteiger partial charge in [0.2, 0.25) is 17.1 Å². The molecule has 2 atom stereocenters. The van der Waals surface area contributed by atoms with Crippen LogP contribution in [0.25, 0.3) is 0 Å². The Balaban J connectivity index is 0.000000209. The number of carbonyl (C=O) groups excluding carboxylic acids is 4. The van der Waals surface area contributed by atoms with Crippen molar-refractivity contribution in [1.82, 2.24) is 19.9 Å². The summed E-state index contributed by atoms with van der Waals surface area (Å²) in [5.74, 6) is 0.270. The van der Waals surface area contributed by atoms with Gasteiger partial charge in [-0.2, -0.15) is 15.5 Å². The van der Waals surface area contributed by atoms with Crippen LogP contribution in [0.3, 0.4) is 0 Å². The lowest BCUT2D eigenvalue weighted by atomic mass is 10.0. The van der Waals surface area contributed by atoms with E-state index in [1.165, 1.54) is 66.6 Å². The maximum atomic E-state index is 13.2. The van der Waals surface area contributed by atoms with Crippen molar-refractivity contribution in [3.63, 3.8) is 0 Å². The lowest BCUT2D eigenvalue weighted by Crippen LogP contribution is -2.50. The van der Waals surface area contributed by atoms with Crippen molar-refractivity contribution >= 4 is 69.4 Å². The van der Waals surface area contributed by atoms with Crippen LogP contribution in [-0.2, 0) is 16.0 Å². The Morgan fingerprint density at radius 1 is 0.652 bits per heavy atom. The van der Waals surface area contributed by atoms with Crippen LogP contribution in [0.5, 0.6) is 0 Å². The molecule has 0 N–H and O–H groups in total. The van der Waals surface area contributed by atoms with Gasteiger partial charge in [0.15, 0.2) is 23.2 Å². The molecule has 0 fully saturated rings. The number of nitriles is 2. The molecule has 2 aliphatic rings. The SMILES string of the molecule is C.CC(=O)c1ccc(F)cc1.CCC1C(=O)N(C)c2cnc(CC(=O)c3ccc(F)cc3)nc2N1c1ccc(C#N)cc1.CCC1C(=O)N(C)c2cnc(Cl)nc2N1c1ccc(C#N)cc1. The first-order chi connectivity index (χ1) is 31.2. The van der Waals surface area contributed by atoms with Gasteiger partial charge in [-0.15, -0.1) is 0 Å². The molecular formula is C49H45ClF2N10O4.